The molecule has 2 atom stereocenters. The molecule has 0 radical (unpaired) electrons. The number of aliphatic hydroxyl groups is 1. The summed E-state index contributed by atoms with van der Waals surface area (Å²) < 4.78 is 26.9. The first-order valence-corrected chi connectivity index (χ1v) is 8.67. The van der Waals surface area contributed by atoms with E-state index in [2.05, 4.69) is 4.72 Å². The Bertz CT molecular complexity index is 533. The van der Waals surface area contributed by atoms with E-state index in [1.54, 1.807) is 13.2 Å². The van der Waals surface area contributed by atoms with Crippen LogP contribution in [0.15, 0.2) is 23.1 Å². The van der Waals surface area contributed by atoms with Crippen LogP contribution in [0.5, 0.6) is 0 Å². The maximum absolute atomic E-state index is 12.2. The second kappa shape index (κ2) is 6.81. The van der Waals surface area contributed by atoms with Gasteiger partial charge in [-0.05, 0) is 31.4 Å². The minimum Gasteiger partial charge on any atom is -0.398 e. The van der Waals surface area contributed by atoms with Crippen LogP contribution in [0.3, 0.4) is 0 Å². The van der Waals surface area contributed by atoms with Gasteiger partial charge in [-0.3, -0.25) is 0 Å². The van der Waals surface area contributed by atoms with Crippen molar-refractivity contribution in [2.75, 3.05) is 18.6 Å². The monoisotopic (exact) mass is 324 g/mol. The van der Waals surface area contributed by atoms with E-state index in [0.29, 0.717) is 5.02 Å². The van der Waals surface area contributed by atoms with Crippen LogP contribution in [-0.4, -0.2) is 37.7 Å². The molecule has 2 unspecified atom stereocenters. The number of nitrogens with one attached hydrogen (secondary N) is 1. The molecule has 0 spiro atoms. The summed E-state index contributed by atoms with van der Waals surface area (Å²) in [4.78, 5) is -0.0513. The smallest absolute Gasteiger partial charge is 0.242 e. The molecule has 5 nitrogen and oxygen atoms in total. The van der Waals surface area contributed by atoms with Crippen LogP contribution in [0.4, 0.5) is 5.69 Å². The van der Waals surface area contributed by atoms with Crippen molar-refractivity contribution < 1.29 is 13.5 Å². The van der Waals surface area contributed by atoms with Crippen LogP contribution in [0, 0.1) is 0 Å². The highest BCUT2D eigenvalue weighted by Gasteiger charge is 2.24. The van der Waals surface area contributed by atoms with Gasteiger partial charge in [0.15, 0.2) is 0 Å². The Balaban J connectivity index is 3.01. The van der Waals surface area contributed by atoms with Crippen LogP contribution in [-0.2, 0) is 10.0 Å². The first-order chi connectivity index (χ1) is 8.81. The van der Waals surface area contributed by atoms with Crippen molar-refractivity contribution in [1.82, 2.24) is 4.72 Å². The van der Waals surface area contributed by atoms with Gasteiger partial charge in [-0.1, -0.05) is 11.6 Å². The maximum atomic E-state index is 12.2. The summed E-state index contributed by atoms with van der Waals surface area (Å²) in [6, 6.07) is 3.85. The standard InChI is InChI=1S/C11H17ClN2O3S2/c1-7(10(6-15)18-2)14-19(16,17)11-5-8(12)3-4-9(11)13/h3-5,7,10,14-15H,6,13H2,1-2H3. The molecule has 0 aliphatic heterocycles. The van der Waals surface area contributed by atoms with Crippen LogP contribution in [0.1, 0.15) is 6.92 Å². The van der Waals surface area contributed by atoms with E-state index in [0.717, 1.165) is 0 Å². The number of sulfonamides is 1. The average molecular weight is 325 g/mol. The number of rotatable bonds is 6. The molecule has 0 aromatic heterocycles. The van der Waals surface area contributed by atoms with E-state index >= 15 is 0 Å². The van der Waals surface area contributed by atoms with E-state index in [9.17, 15) is 8.42 Å². The van der Waals surface area contributed by atoms with Gasteiger partial charge in [-0.25, -0.2) is 13.1 Å². The fourth-order valence-corrected chi connectivity index (χ4v) is 3.95. The molecule has 0 aliphatic carbocycles. The summed E-state index contributed by atoms with van der Waals surface area (Å²) in [6.45, 7) is 1.57. The second-order valence-electron chi connectivity index (χ2n) is 4.05. The Morgan fingerprint density at radius 2 is 2.16 bits per heavy atom. The molecule has 0 amide bonds. The summed E-state index contributed by atoms with van der Waals surface area (Å²) in [7, 11) is -3.76. The highest BCUT2D eigenvalue weighted by Crippen LogP contribution is 2.23. The highest BCUT2D eigenvalue weighted by atomic mass is 35.5. The van der Waals surface area contributed by atoms with Gasteiger partial charge in [0.25, 0.3) is 0 Å². The summed E-state index contributed by atoms with van der Waals surface area (Å²) in [5.41, 5.74) is 5.79. The zero-order chi connectivity index (χ0) is 14.6. The number of hydrogen-bond acceptors (Lipinski definition) is 5. The Morgan fingerprint density at radius 1 is 1.53 bits per heavy atom. The van der Waals surface area contributed by atoms with Gasteiger partial charge < -0.3 is 10.8 Å². The molecule has 0 fully saturated rings. The van der Waals surface area contributed by atoms with Crippen molar-refractivity contribution in [2.24, 2.45) is 0 Å². The number of nitrogens with two attached hydrogens (primary N) is 1. The molecular weight excluding hydrogens is 308 g/mol. The summed E-state index contributed by atoms with van der Waals surface area (Å²) in [5.74, 6) is 0. The van der Waals surface area contributed by atoms with Crippen LogP contribution in [0.25, 0.3) is 0 Å². The maximum Gasteiger partial charge on any atom is 0.242 e. The summed E-state index contributed by atoms with van der Waals surface area (Å²) >= 11 is 7.17. The fraction of sp³-hybridized carbons (Fsp3) is 0.455. The van der Waals surface area contributed by atoms with E-state index in [4.69, 9.17) is 22.4 Å². The van der Waals surface area contributed by atoms with Gasteiger partial charge in [0, 0.05) is 16.3 Å². The molecule has 0 aliphatic rings. The molecule has 19 heavy (non-hydrogen) atoms. The molecule has 0 heterocycles. The third-order valence-corrected chi connectivity index (χ3v) is 5.66. The molecule has 0 bridgehead atoms. The van der Waals surface area contributed by atoms with Crippen molar-refractivity contribution in [3.05, 3.63) is 23.2 Å². The Labute approximate surface area is 122 Å². The average Bonchev–Trinajstić information content (AvgIpc) is 2.33. The number of halogens is 1. The molecule has 1 aromatic rings. The summed E-state index contributed by atoms with van der Waals surface area (Å²) in [6.07, 6.45) is 1.80. The number of aliphatic hydroxyl groups excluding tert-OH is 1. The SMILES string of the molecule is CSC(CO)C(C)NS(=O)(=O)c1cc(Cl)ccc1N. The Morgan fingerprint density at radius 3 is 2.68 bits per heavy atom. The lowest BCUT2D eigenvalue weighted by Gasteiger charge is -2.21. The quantitative estimate of drug-likeness (QED) is 0.686. The van der Waals surface area contributed by atoms with E-state index in [1.807, 2.05) is 0 Å². The third-order valence-electron chi connectivity index (χ3n) is 2.65. The minimum absolute atomic E-state index is 0.0513. The molecule has 0 saturated heterocycles. The second-order valence-corrected chi connectivity index (χ2v) is 7.24. The Kier molecular flexibility index (Phi) is 5.94. The number of anilines is 1. The van der Waals surface area contributed by atoms with Gasteiger partial charge in [0.05, 0.1) is 12.3 Å². The van der Waals surface area contributed by atoms with Gasteiger partial charge >= 0.3 is 0 Å². The van der Waals surface area contributed by atoms with Gasteiger partial charge in [-0.15, -0.1) is 0 Å². The fourth-order valence-electron chi connectivity index (χ4n) is 1.56. The van der Waals surface area contributed by atoms with Gasteiger partial charge in [-0.2, -0.15) is 11.8 Å². The lowest BCUT2D eigenvalue weighted by atomic mass is 10.3. The zero-order valence-corrected chi connectivity index (χ0v) is 13.0. The molecule has 1 aromatic carbocycles. The van der Waals surface area contributed by atoms with Crippen molar-refractivity contribution >= 4 is 39.1 Å². The lowest BCUT2D eigenvalue weighted by Crippen LogP contribution is -2.41. The van der Waals surface area contributed by atoms with E-state index in [1.165, 1.54) is 30.0 Å². The largest absolute Gasteiger partial charge is 0.398 e. The first-order valence-electron chi connectivity index (χ1n) is 5.53. The van der Waals surface area contributed by atoms with Crippen molar-refractivity contribution in [3.8, 4) is 0 Å². The van der Waals surface area contributed by atoms with E-state index in [-0.39, 0.29) is 22.4 Å². The molecule has 4 N–H and O–H groups in total. The normalized spacial score (nSPS) is 15.2. The van der Waals surface area contributed by atoms with Crippen LogP contribution < -0.4 is 10.5 Å². The lowest BCUT2D eigenvalue weighted by molar-refractivity contribution is 0.282. The summed E-state index contributed by atoms with van der Waals surface area (Å²) in [5, 5.41) is 9.23. The Hall–Kier alpha value is -0.470. The number of nitrogen functional groups attached to an aromatic ring is 1. The van der Waals surface area contributed by atoms with Crippen LogP contribution >= 0.6 is 23.4 Å². The topological polar surface area (TPSA) is 92.4 Å². The van der Waals surface area contributed by atoms with Crippen LogP contribution in [0.2, 0.25) is 5.02 Å². The number of hydrogen-bond donors (Lipinski definition) is 3. The molecule has 1 rings (SSSR count). The van der Waals surface area contributed by atoms with Gasteiger partial charge in [0.2, 0.25) is 10.0 Å². The number of thioether (sulfide) groups is 1. The predicted molar refractivity (Wildman–Crippen MR) is 80.0 cm³/mol. The van der Waals surface area contributed by atoms with Gasteiger partial charge in [0.1, 0.15) is 4.90 Å². The third kappa shape index (κ3) is 4.25. The molecule has 8 heteroatoms. The predicted octanol–water partition coefficient (Wildman–Crippen LogP) is 1.31. The minimum atomic E-state index is -3.76. The van der Waals surface area contributed by atoms with Crippen molar-refractivity contribution in [3.63, 3.8) is 0 Å². The van der Waals surface area contributed by atoms with Crippen molar-refractivity contribution in [1.29, 1.82) is 0 Å². The van der Waals surface area contributed by atoms with E-state index < -0.39 is 16.1 Å². The zero-order valence-electron chi connectivity index (χ0n) is 10.6. The molecular formula is C11H17ClN2O3S2. The molecule has 0 saturated carbocycles. The molecule has 108 valence electrons. The number of benzene rings is 1. The first kappa shape index (κ1) is 16.6. The highest BCUT2D eigenvalue weighted by molar-refractivity contribution is 7.99. The van der Waals surface area contributed by atoms with Crippen molar-refractivity contribution in [2.45, 2.75) is 23.1 Å².